The topological polar surface area (TPSA) is 119 Å². The summed E-state index contributed by atoms with van der Waals surface area (Å²) in [5, 5.41) is 13.4. The van der Waals surface area contributed by atoms with Gasteiger partial charge in [-0.05, 0) is 74.6 Å². The molecule has 2 aliphatic heterocycles. The van der Waals surface area contributed by atoms with E-state index in [-0.39, 0.29) is 24.1 Å². The number of amides is 3. The van der Waals surface area contributed by atoms with Crippen molar-refractivity contribution in [1.29, 1.82) is 0 Å². The van der Waals surface area contributed by atoms with Crippen LogP contribution in [0.1, 0.15) is 70.2 Å². The summed E-state index contributed by atoms with van der Waals surface area (Å²) in [6.07, 6.45) is 2.64. The summed E-state index contributed by atoms with van der Waals surface area (Å²) in [5.41, 5.74) is 3.22. The highest BCUT2D eigenvalue weighted by Crippen LogP contribution is 2.24. The van der Waals surface area contributed by atoms with Crippen LogP contribution in [0.3, 0.4) is 0 Å². The van der Waals surface area contributed by atoms with Crippen molar-refractivity contribution < 1.29 is 19.5 Å². The van der Waals surface area contributed by atoms with Gasteiger partial charge in [-0.3, -0.25) is 14.4 Å². The molecule has 0 bridgehead atoms. The zero-order valence-electron chi connectivity index (χ0n) is 21.4. The normalized spacial score (nSPS) is 18.2. The Morgan fingerprint density at radius 1 is 1.13 bits per heavy atom. The van der Waals surface area contributed by atoms with E-state index in [1.165, 1.54) is 0 Å². The number of carbonyl (C=O) groups excluding carboxylic acids is 3. The zero-order chi connectivity index (χ0) is 26.8. The minimum Gasteiger partial charge on any atom is -0.391 e. The van der Waals surface area contributed by atoms with Crippen LogP contribution in [0.25, 0.3) is 11.0 Å². The van der Waals surface area contributed by atoms with E-state index in [0.717, 1.165) is 37.0 Å². The second-order valence-electron chi connectivity index (χ2n) is 10.2. The lowest BCUT2D eigenvalue weighted by molar-refractivity contribution is -0.130. The second-order valence-corrected chi connectivity index (χ2v) is 10.6. The molecule has 3 heterocycles. The Hall–Kier alpha value is -3.43. The average molecular weight is 538 g/mol. The van der Waals surface area contributed by atoms with E-state index in [0.29, 0.717) is 53.4 Å². The molecule has 1 aromatic heterocycles. The molecule has 3 aromatic rings. The van der Waals surface area contributed by atoms with Gasteiger partial charge >= 0.3 is 0 Å². The highest BCUT2D eigenvalue weighted by molar-refractivity contribution is 6.31. The number of hydrogen-bond donors (Lipinski definition) is 3. The Balaban J connectivity index is 1.34. The Labute approximate surface area is 226 Å². The van der Waals surface area contributed by atoms with Crippen LogP contribution in [-0.4, -0.2) is 74.9 Å². The lowest BCUT2D eigenvalue weighted by atomic mass is 10.0. The molecule has 2 atom stereocenters. The molecule has 10 heteroatoms. The van der Waals surface area contributed by atoms with Gasteiger partial charge < -0.3 is 25.2 Å². The maximum absolute atomic E-state index is 13.3. The minimum absolute atomic E-state index is 0.00341. The number of H-pyrrole nitrogens is 1. The standard InChI is InChI=1S/C28H32ClN5O4/c1-17-14-18(4-6-21(17)28(38)33-11-2-3-12-33)27(37)32-23(8-9-25(36)34-13-10-20(35)16-34)26-30-22-7-5-19(29)15-24(22)31-26/h4-7,14-15,20,23,35H,2-3,8-13,16H2,1H3,(H,30,31)(H,32,37)/t20-,23+/m1/s1. The number of aryl methyl sites for hydroxylation is 1. The summed E-state index contributed by atoms with van der Waals surface area (Å²) in [6, 6.07) is 9.86. The third kappa shape index (κ3) is 5.68. The van der Waals surface area contributed by atoms with Crippen molar-refractivity contribution in [2.45, 2.75) is 51.2 Å². The van der Waals surface area contributed by atoms with Crippen LogP contribution >= 0.6 is 11.6 Å². The monoisotopic (exact) mass is 537 g/mol. The number of rotatable bonds is 7. The number of aliphatic hydroxyl groups is 1. The molecule has 2 fully saturated rings. The molecule has 0 saturated carbocycles. The molecule has 9 nitrogen and oxygen atoms in total. The van der Waals surface area contributed by atoms with Crippen LogP contribution in [-0.2, 0) is 4.79 Å². The van der Waals surface area contributed by atoms with Gasteiger partial charge in [0.1, 0.15) is 5.82 Å². The van der Waals surface area contributed by atoms with Gasteiger partial charge in [-0.25, -0.2) is 4.98 Å². The smallest absolute Gasteiger partial charge is 0.254 e. The fraction of sp³-hybridized carbons (Fsp3) is 0.429. The van der Waals surface area contributed by atoms with Gasteiger partial charge in [-0.1, -0.05) is 11.6 Å². The van der Waals surface area contributed by atoms with Crippen molar-refractivity contribution in [2.75, 3.05) is 26.2 Å². The van der Waals surface area contributed by atoms with E-state index in [9.17, 15) is 19.5 Å². The van der Waals surface area contributed by atoms with Crippen molar-refractivity contribution in [3.05, 3.63) is 63.9 Å². The number of nitrogens with zero attached hydrogens (tertiary/aromatic N) is 3. The van der Waals surface area contributed by atoms with E-state index >= 15 is 0 Å². The number of imidazole rings is 1. The number of halogens is 1. The molecule has 2 aliphatic rings. The van der Waals surface area contributed by atoms with Gasteiger partial charge in [0.15, 0.2) is 0 Å². The molecule has 200 valence electrons. The van der Waals surface area contributed by atoms with Crippen LogP contribution in [0.5, 0.6) is 0 Å². The predicted octanol–water partition coefficient (Wildman–Crippen LogP) is 3.61. The van der Waals surface area contributed by atoms with Crippen LogP contribution in [0.4, 0.5) is 0 Å². The first-order valence-electron chi connectivity index (χ1n) is 13.1. The predicted molar refractivity (Wildman–Crippen MR) is 144 cm³/mol. The van der Waals surface area contributed by atoms with Gasteiger partial charge in [0.2, 0.25) is 5.91 Å². The van der Waals surface area contributed by atoms with Gasteiger partial charge in [0.25, 0.3) is 11.8 Å². The maximum atomic E-state index is 13.3. The lowest BCUT2D eigenvalue weighted by Crippen LogP contribution is -2.33. The van der Waals surface area contributed by atoms with Crippen molar-refractivity contribution >= 4 is 40.4 Å². The molecule has 3 N–H and O–H groups in total. The van der Waals surface area contributed by atoms with Crippen LogP contribution in [0.15, 0.2) is 36.4 Å². The molecular weight excluding hydrogens is 506 g/mol. The molecule has 5 rings (SSSR count). The third-order valence-corrected chi connectivity index (χ3v) is 7.61. The summed E-state index contributed by atoms with van der Waals surface area (Å²) in [4.78, 5) is 50.3. The highest BCUT2D eigenvalue weighted by Gasteiger charge is 2.27. The van der Waals surface area contributed by atoms with Gasteiger partial charge in [-0.2, -0.15) is 0 Å². The molecule has 0 spiro atoms. The quantitative estimate of drug-likeness (QED) is 0.425. The summed E-state index contributed by atoms with van der Waals surface area (Å²) in [5.74, 6) is 0.139. The summed E-state index contributed by atoms with van der Waals surface area (Å²) < 4.78 is 0. The van der Waals surface area contributed by atoms with Crippen LogP contribution < -0.4 is 5.32 Å². The molecule has 2 aromatic carbocycles. The van der Waals surface area contributed by atoms with E-state index < -0.39 is 12.1 Å². The molecule has 38 heavy (non-hydrogen) atoms. The number of likely N-dealkylation sites (tertiary alicyclic amines) is 2. The number of hydrogen-bond acceptors (Lipinski definition) is 5. The fourth-order valence-corrected chi connectivity index (χ4v) is 5.39. The minimum atomic E-state index is -0.559. The molecule has 0 unspecified atom stereocenters. The molecular formula is C28H32ClN5O4. The Kier molecular flexibility index (Phi) is 7.67. The van der Waals surface area contributed by atoms with Crippen LogP contribution in [0.2, 0.25) is 5.02 Å². The fourth-order valence-electron chi connectivity index (χ4n) is 5.22. The molecule has 0 radical (unpaired) electrons. The van der Waals surface area contributed by atoms with Crippen molar-refractivity contribution in [2.24, 2.45) is 0 Å². The van der Waals surface area contributed by atoms with E-state index in [2.05, 4.69) is 15.3 Å². The number of aliphatic hydroxyl groups excluding tert-OH is 1. The first kappa shape index (κ1) is 26.2. The van der Waals surface area contributed by atoms with Crippen molar-refractivity contribution in [3.8, 4) is 0 Å². The van der Waals surface area contributed by atoms with Crippen molar-refractivity contribution in [3.63, 3.8) is 0 Å². The lowest BCUT2D eigenvalue weighted by Gasteiger charge is -2.20. The van der Waals surface area contributed by atoms with Gasteiger partial charge in [-0.15, -0.1) is 0 Å². The Morgan fingerprint density at radius 2 is 1.92 bits per heavy atom. The van der Waals surface area contributed by atoms with Crippen LogP contribution in [0, 0.1) is 6.92 Å². The average Bonchev–Trinajstić information content (AvgIpc) is 3.66. The highest BCUT2D eigenvalue weighted by atomic mass is 35.5. The molecule has 2 saturated heterocycles. The number of aromatic amines is 1. The first-order valence-corrected chi connectivity index (χ1v) is 13.5. The summed E-state index contributed by atoms with van der Waals surface area (Å²) in [6.45, 7) is 4.23. The summed E-state index contributed by atoms with van der Waals surface area (Å²) >= 11 is 6.14. The van der Waals surface area contributed by atoms with Crippen molar-refractivity contribution in [1.82, 2.24) is 25.1 Å². The largest absolute Gasteiger partial charge is 0.391 e. The number of carbonyl (C=O) groups is 3. The maximum Gasteiger partial charge on any atom is 0.254 e. The van der Waals surface area contributed by atoms with E-state index in [1.54, 1.807) is 41.3 Å². The number of nitrogens with one attached hydrogen (secondary N) is 2. The van der Waals surface area contributed by atoms with Gasteiger partial charge in [0.05, 0.1) is 23.2 Å². The zero-order valence-corrected chi connectivity index (χ0v) is 22.1. The Morgan fingerprint density at radius 3 is 2.63 bits per heavy atom. The number of benzene rings is 2. The number of aromatic nitrogens is 2. The van der Waals surface area contributed by atoms with Gasteiger partial charge in [0, 0.05) is 48.7 Å². The van der Waals surface area contributed by atoms with E-state index in [4.69, 9.17) is 11.6 Å². The van der Waals surface area contributed by atoms with E-state index in [1.807, 2.05) is 11.8 Å². The Bertz CT molecular complexity index is 1370. The first-order chi connectivity index (χ1) is 18.3. The second kappa shape index (κ2) is 11.1. The summed E-state index contributed by atoms with van der Waals surface area (Å²) in [7, 11) is 0. The third-order valence-electron chi connectivity index (χ3n) is 7.37. The number of fused-ring (bicyclic) bond motifs is 1. The molecule has 3 amide bonds. The number of β-amino-alcohol motifs (C(OH)–C–C–N with tert-alkyl or cyclic N) is 1. The SMILES string of the molecule is Cc1cc(C(=O)N[C@@H](CCC(=O)N2CC[C@@H](O)C2)c2nc3ccc(Cl)cc3[nH]2)ccc1C(=O)N1CCCC1. The molecule has 0 aliphatic carbocycles.